The van der Waals surface area contributed by atoms with E-state index in [2.05, 4.69) is 27.9 Å². The first-order valence-electron chi connectivity index (χ1n) is 9.34. The monoisotopic (exact) mass is 406 g/mol. The van der Waals surface area contributed by atoms with Crippen molar-refractivity contribution >= 4 is 28.8 Å². The molecule has 0 bridgehead atoms. The van der Waals surface area contributed by atoms with Crippen molar-refractivity contribution < 1.29 is 14.3 Å². The molecule has 0 atom stereocenters. The topological polar surface area (TPSA) is 100 Å². The maximum Gasteiger partial charge on any atom is 0.412 e. The highest BCUT2D eigenvalue weighted by atomic mass is 16.6. The highest BCUT2D eigenvalue weighted by molar-refractivity contribution is 5.91. The summed E-state index contributed by atoms with van der Waals surface area (Å²) in [5.41, 5.74) is 2.88. The Labute approximate surface area is 176 Å². The van der Waals surface area contributed by atoms with E-state index in [-0.39, 0.29) is 0 Å². The van der Waals surface area contributed by atoms with Gasteiger partial charge in [-0.1, -0.05) is 12.7 Å². The van der Waals surface area contributed by atoms with E-state index in [4.69, 9.17) is 14.7 Å². The molecule has 3 rings (SSSR count). The minimum Gasteiger partial charge on any atom is -0.496 e. The van der Waals surface area contributed by atoms with Crippen LogP contribution in [0.15, 0.2) is 49.4 Å². The summed E-state index contributed by atoms with van der Waals surface area (Å²) in [5.74, 6) is 0.810. The van der Waals surface area contributed by atoms with Gasteiger partial charge in [0.05, 0.1) is 19.6 Å². The zero-order valence-electron chi connectivity index (χ0n) is 17.7. The molecule has 1 aromatic carbocycles. The molecule has 7 nitrogen and oxygen atoms in total. The van der Waals surface area contributed by atoms with E-state index in [0.29, 0.717) is 12.1 Å². The lowest BCUT2D eigenvalue weighted by atomic mass is 10.1. The van der Waals surface area contributed by atoms with E-state index in [0.717, 1.165) is 27.8 Å². The van der Waals surface area contributed by atoms with Crippen molar-refractivity contribution in [3.63, 3.8) is 0 Å². The van der Waals surface area contributed by atoms with Gasteiger partial charge in [0.2, 0.25) is 0 Å². The number of nitrogens with one attached hydrogen (secondary N) is 2. The van der Waals surface area contributed by atoms with Crippen LogP contribution < -0.4 is 10.1 Å². The lowest BCUT2D eigenvalue weighted by Gasteiger charge is -2.19. The largest absolute Gasteiger partial charge is 0.496 e. The first kappa shape index (κ1) is 22.5. The van der Waals surface area contributed by atoms with Crippen LogP contribution in [0.5, 0.6) is 5.75 Å². The second-order valence-electron chi connectivity index (χ2n) is 7.36. The molecule has 0 fully saturated rings. The highest BCUT2D eigenvalue weighted by Gasteiger charge is 2.16. The van der Waals surface area contributed by atoms with Crippen LogP contribution in [0.4, 0.5) is 10.5 Å². The number of H-pyrrole nitrogens is 1. The van der Waals surface area contributed by atoms with Crippen molar-refractivity contribution in [3.8, 4) is 11.8 Å². The standard InChI is InChI=1S/C15H17N3O2.C8H9NO/c1-15(2,3)20-14(19)18-11-4-5-13-12(8-11)10(6-7-16)9-17-13;1-3-7-6-9-5-4-8(7)10-2/h4-5,8-9,17H,6H2,1-3H3,(H,18,19);3-6H,1H2,2H3. The predicted molar refractivity (Wildman–Crippen MR) is 118 cm³/mol. The molecule has 2 heterocycles. The lowest BCUT2D eigenvalue weighted by Crippen LogP contribution is -2.27. The molecule has 3 aromatic rings. The second-order valence-corrected chi connectivity index (χ2v) is 7.36. The number of rotatable bonds is 4. The number of pyridine rings is 1. The number of ether oxygens (including phenoxy) is 2. The number of carbonyl (C=O) groups excluding carboxylic acids is 1. The molecule has 7 heteroatoms. The minimum atomic E-state index is -0.533. The number of fused-ring (bicyclic) bond motifs is 1. The van der Waals surface area contributed by atoms with Crippen LogP contribution >= 0.6 is 0 Å². The summed E-state index contributed by atoms with van der Waals surface area (Å²) in [6.07, 6.45) is 6.76. The SMILES string of the molecule is C=Cc1cnccc1OC.CC(C)(C)OC(=O)Nc1ccc2[nH]cc(CC#N)c2c1. The van der Waals surface area contributed by atoms with Crippen LogP contribution in [0.2, 0.25) is 0 Å². The predicted octanol–water partition coefficient (Wildman–Crippen LogP) is 5.31. The molecule has 1 amide bonds. The summed E-state index contributed by atoms with van der Waals surface area (Å²) in [4.78, 5) is 18.7. The molecule has 0 saturated carbocycles. The van der Waals surface area contributed by atoms with Crippen LogP contribution in [-0.2, 0) is 11.2 Å². The normalized spacial score (nSPS) is 10.4. The van der Waals surface area contributed by atoms with Gasteiger partial charge in [0.15, 0.2) is 0 Å². The number of anilines is 1. The van der Waals surface area contributed by atoms with E-state index in [1.54, 1.807) is 37.7 Å². The average molecular weight is 406 g/mol. The number of amides is 1. The lowest BCUT2D eigenvalue weighted by molar-refractivity contribution is 0.0636. The third-order valence-electron chi connectivity index (χ3n) is 3.93. The number of nitrogens with zero attached hydrogens (tertiary/aromatic N) is 2. The van der Waals surface area contributed by atoms with E-state index in [9.17, 15) is 4.79 Å². The van der Waals surface area contributed by atoms with E-state index in [1.165, 1.54) is 0 Å². The van der Waals surface area contributed by atoms with Crippen LogP contribution in [0.25, 0.3) is 17.0 Å². The third-order valence-corrected chi connectivity index (χ3v) is 3.93. The third kappa shape index (κ3) is 6.38. The smallest absolute Gasteiger partial charge is 0.412 e. The number of hydrogen-bond donors (Lipinski definition) is 2. The molecule has 156 valence electrons. The zero-order valence-corrected chi connectivity index (χ0v) is 17.7. The zero-order chi connectivity index (χ0) is 22.1. The van der Waals surface area contributed by atoms with Crippen molar-refractivity contribution in [2.75, 3.05) is 12.4 Å². The summed E-state index contributed by atoms with van der Waals surface area (Å²) in [6, 6.07) is 9.41. The Morgan fingerprint density at radius 3 is 2.73 bits per heavy atom. The number of aromatic amines is 1. The first-order chi connectivity index (χ1) is 14.3. The maximum atomic E-state index is 11.7. The van der Waals surface area contributed by atoms with Gasteiger partial charge in [-0.25, -0.2) is 4.79 Å². The number of carbonyl (C=O) groups is 1. The van der Waals surface area contributed by atoms with Gasteiger partial charge < -0.3 is 14.5 Å². The Bertz CT molecular complexity index is 1060. The van der Waals surface area contributed by atoms with Crippen LogP contribution in [0.1, 0.15) is 31.9 Å². The summed E-state index contributed by atoms with van der Waals surface area (Å²) >= 11 is 0. The molecule has 2 aromatic heterocycles. The number of nitriles is 1. The fourth-order valence-electron chi connectivity index (χ4n) is 2.64. The molecule has 0 radical (unpaired) electrons. The fourth-order valence-corrected chi connectivity index (χ4v) is 2.64. The number of benzene rings is 1. The number of hydrogen-bond acceptors (Lipinski definition) is 5. The van der Waals surface area contributed by atoms with Crippen molar-refractivity contribution in [3.05, 3.63) is 60.6 Å². The second kappa shape index (κ2) is 10.1. The molecular weight excluding hydrogens is 380 g/mol. The van der Waals surface area contributed by atoms with Crippen LogP contribution in [0, 0.1) is 11.3 Å². The maximum absolute atomic E-state index is 11.7. The van der Waals surface area contributed by atoms with Gasteiger partial charge in [0, 0.05) is 40.7 Å². The van der Waals surface area contributed by atoms with Crippen molar-refractivity contribution in [1.82, 2.24) is 9.97 Å². The van der Waals surface area contributed by atoms with E-state index < -0.39 is 11.7 Å². The highest BCUT2D eigenvalue weighted by Crippen LogP contribution is 2.23. The molecule has 0 unspecified atom stereocenters. The molecule has 0 aliphatic carbocycles. The Hall–Kier alpha value is -3.79. The minimum absolute atomic E-state index is 0.329. The average Bonchev–Trinajstić information content (AvgIpc) is 3.09. The molecule has 0 aliphatic rings. The molecular formula is C23H26N4O3. The molecule has 2 N–H and O–H groups in total. The number of aromatic nitrogens is 2. The van der Waals surface area contributed by atoms with Crippen LogP contribution in [-0.4, -0.2) is 28.8 Å². The van der Waals surface area contributed by atoms with E-state index >= 15 is 0 Å². The summed E-state index contributed by atoms with van der Waals surface area (Å²) in [5, 5.41) is 12.4. The summed E-state index contributed by atoms with van der Waals surface area (Å²) in [7, 11) is 1.63. The quantitative estimate of drug-likeness (QED) is 0.611. The Morgan fingerprint density at radius 1 is 1.37 bits per heavy atom. The van der Waals surface area contributed by atoms with Gasteiger partial charge >= 0.3 is 6.09 Å². The van der Waals surface area contributed by atoms with Crippen LogP contribution in [0.3, 0.4) is 0 Å². The van der Waals surface area contributed by atoms with Gasteiger partial charge in [-0.15, -0.1) is 0 Å². The first-order valence-corrected chi connectivity index (χ1v) is 9.34. The summed E-state index contributed by atoms with van der Waals surface area (Å²) < 4.78 is 10.2. The van der Waals surface area contributed by atoms with Gasteiger partial charge in [-0.2, -0.15) is 5.26 Å². The van der Waals surface area contributed by atoms with Gasteiger partial charge in [0.1, 0.15) is 11.4 Å². The fraction of sp³-hybridized carbons (Fsp3) is 0.261. The van der Waals surface area contributed by atoms with Crippen molar-refractivity contribution in [2.45, 2.75) is 32.8 Å². The molecule has 0 spiro atoms. The summed E-state index contributed by atoms with van der Waals surface area (Å²) in [6.45, 7) is 9.06. The molecule has 0 aliphatic heterocycles. The Kier molecular flexibility index (Phi) is 7.59. The Morgan fingerprint density at radius 2 is 2.13 bits per heavy atom. The number of methoxy groups -OCH3 is 1. The van der Waals surface area contributed by atoms with Gasteiger partial charge in [0.25, 0.3) is 0 Å². The van der Waals surface area contributed by atoms with Crippen molar-refractivity contribution in [2.24, 2.45) is 0 Å². The Balaban J connectivity index is 0.000000269. The van der Waals surface area contributed by atoms with Gasteiger partial charge in [-0.3, -0.25) is 10.3 Å². The molecule has 30 heavy (non-hydrogen) atoms. The van der Waals surface area contributed by atoms with E-state index in [1.807, 2.05) is 39.1 Å². The molecule has 0 saturated heterocycles. The van der Waals surface area contributed by atoms with Gasteiger partial charge in [-0.05, 0) is 50.6 Å². The van der Waals surface area contributed by atoms with Crippen molar-refractivity contribution in [1.29, 1.82) is 5.26 Å².